The molecule has 0 atom stereocenters. The topological polar surface area (TPSA) is 101 Å². The van der Waals surface area contributed by atoms with E-state index in [1.807, 2.05) is 24.9 Å². The van der Waals surface area contributed by atoms with Gasteiger partial charge in [0.15, 0.2) is 5.82 Å². The Bertz CT molecular complexity index is 1370. The van der Waals surface area contributed by atoms with Gasteiger partial charge in [-0.15, -0.1) is 0 Å². The monoisotopic (exact) mass is 473 g/mol. The van der Waals surface area contributed by atoms with Crippen LogP contribution in [0.5, 0.6) is 0 Å². The van der Waals surface area contributed by atoms with Gasteiger partial charge in [-0.05, 0) is 67.2 Å². The number of fused-ring (bicyclic) bond motifs is 1. The molecule has 35 heavy (non-hydrogen) atoms. The van der Waals surface area contributed by atoms with E-state index >= 15 is 4.39 Å². The van der Waals surface area contributed by atoms with E-state index in [0.29, 0.717) is 34.1 Å². The third-order valence-electron chi connectivity index (χ3n) is 7.39. The van der Waals surface area contributed by atoms with Crippen LogP contribution in [0.2, 0.25) is 0 Å². The first-order valence-electron chi connectivity index (χ1n) is 11.8. The molecule has 2 aromatic heterocycles. The molecular weight excluding hydrogens is 445 g/mol. The van der Waals surface area contributed by atoms with E-state index in [-0.39, 0.29) is 22.9 Å². The molecule has 3 aromatic rings. The van der Waals surface area contributed by atoms with Gasteiger partial charge in [-0.2, -0.15) is 0 Å². The number of carbonyl (C=O) groups is 2. The maximum atomic E-state index is 15.0. The van der Waals surface area contributed by atoms with Crippen molar-refractivity contribution in [2.75, 3.05) is 24.6 Å². The first-order chi connectivity index (χ1) is 16.7. The standard InChI is InChI=1S/C27H28FN5O2/c1-16-5-8-30-13-20(16)19-10-18-11-22(31-14-21(18)26(29)25(19)28)32-23(34)9-17-3-6-27(7-4-17)12-24(35)33(2)15-27/h5,8-11,13-14H,3-4,6-7,12,15,29H2,1-2H3,(H,31,32,34). The van der Waals surface area contributed by atoms with E-state index in [1.54, 1.807) is 30.6 Å². The number of nitrogen functional groups attached to an aromatic ring is 1. The fourth-order valence-corrected chi connectivity index (χ4v) is 5.34. The minimum absolute atomic E-state index is 0.0143. The van der Waals surface area contributed by atoms with Crippen LogP contribution in [0.4, 0.5) is 15.9 Å². The summed E-state index contributed by atoms with van der Waals surface area (Å²) in [5.74, 6) is -0.183. The summed E-state index contributed by atoms with van der Waals surface area (Å²) in [4.78, 5) is 34.9. The summed E-state index contributed by atoms with van der Waals surface area (Å²) in [6, 6.07) is 5.23. The van der Waals surface area contributed by atoms with Gasteiger partial charge < -0.3 is 16.0 Å². The van der Waals surface area contributed by atoms with Crippen LogP contribution in [-0.4, -0.2) is 40.3 Å². The lowest BCUT2D eigenvalue weighted by molar-refractivity contribution is -0.126. The number of nitrogens with two attached hydrogens (primary N) is 1. The van der Waals surface area contributed by atoms with Crippen LogP contribution in [-0.2, 0) is 9.59 Å². The summed E-state index contributed by atoms with van der Waals surface area (Å²) in [6.07, 6.45) is 10.4. The number of rotatable bonds is 3. The highest BCUT2D eigenvalue weighted by molar-refractivity contribution is 6.02. The number of nitrogens with zero attached hydrogens (tertiary/aromatic N) is 3. The Morgan fingerprint density at radius 1 is 1.23 bits per heavy atom. The fraction of sp³-hybridized carbons (Fsp3) is 0.333. The van der Waals surface area contributed by atoms with Crippen LogP contribution in [0, 0.1) is 18.2 Å². The molecule has 2 amide bonds. The van der Waals surface area contributed by atoms with Crippen molar-refractivity contribution < 1.29 is 14.0 Å². The largest absolute Gasteiger partial charge is 0.396 e. The Morgan fingerprint density at radius 2 is 2.00 bits per heavy atom. The minimum atomic E-state index is -0.512. The van der Waals surface area contributed by atoms with E-state index in [0.717, 1.165) is 43.4 Å². The second-order valence-electron chi connectivity index (χ2n) is 9.85. The summed E-state index contributed by atoms with van der Waals surface area (Å²) in [7, 11) is 1.86. The van der Waals surface area contributed by atoms with Crippen molar-refractivity contribution in [2.45, 2.75) is 39.0 Å². The van der Waals surface area contributed by atoms with Crippen LogP contribution in [0.1, 0.15) is 37.7 Å². The van der Waals surface area contributed by atoms with Gasteiger partial charge in [-0.1, -0.05) is 5.57 Å². The average molecular weight is 474 g/mol. The van der Waals surface area contributed by atoms with Crippen molar-refractivity contribution in [1.29, 1.82) is 0 Å². The third-order valence-corrected chi connectivity index (χ3v) is 7.39. The second kappa shape index (κ2) is 8.76. The van der Waals surface area contributed by atoms with Crippen LogP contribution in [0.15, 0.2) is 48.4 Å². The molecule has 7 nitrogen and oxygen atoms in total. The van der Waals surface area contributed by atoms with E-state index in [2.05, 4.69) is 15.3 Å². The number of aromatic nitrogens is 2. The predicted molar refractivity (Wildman–Crippen MR) is 134 cm³/mol. The predicted octanol–water partition coefficient (Wildman–Crippen LogP) is 4.61. The van der Waals surface area contributed by atoms with Crippen molar-refractivity contribution in [3.63, 3.8) is 0 Å². The number of likely N-dealkylation sites (tertiary alicyclic amines) is 1. The fourth-order valence-electron chi connectivity index (χ4n) is 5.34. The summed E-state index contributed by atoms with van der Waals surface area (Å²) >= 11 is 0. The molecule has 8 heteroatoms. The highest BCUT2D eigenvalue weighted by Crippen LogP contribution is 2.45. The Hall–Kier alpha value is -3.81. The number of hydrogen-bond acceptors (Lipinski definition) is 5. The minimum Gasteiger partial charge on any atom is -0.396 e. The number of halogens is 1. The molecule has 0 unspecified atom stereocenters. The molecule has 180 valence electrons. The van der Waals surface area contributed by atoms with E-state index in [1.165, 1.54) is 6.20 Å². The molecule has 1 aromatic carbocycles. The number of aryl methyl sites for hydroxylation is 1. The van der Waals surface area contributed by atoms with Gasteiger partial charge in [-0.3, -0.25) is 14.6 Å². The highest BCUT2D eigenvalue weighted by Gasteiger charge is 2.42. The summed E-state index contributed by atoms with van der Waals surface area (Å²) < 4.78 is 15.0. The number of anilines is 2. The number of benzene rings is 1. The Morgan fingerprint density at radius 3 is 2.69 bits per heavy atom. The zero-order chi connectivity index (χ0) is 24.7. The van der Waals surface area contributed by atoms with Gasteiger partial charge in [0.1, 0.15) is 5.82 Å². The van der Waals surface area contributed by atoms with E-state index in [4.69, 9.17) is 5.73 Å². The number of allylic oxidation sites excluding steroid dienone is 1. The van der Waals surface area contributed by atoms with E-state index < -0.39 is 5.82 Å². The second-order valence-corrected chi connectivity index (χ2v) is 9.85. The molecule has 1 saturated carbocycles. The summed E-state index contributed by atoms with van der Waals surface area (Å²) in [5.41, 5.74) is 9.15. The smallest absolute Gasteiger partial charge is 0.249 e. The quantitative estimate of drug-likeness (QED) is 0.427. The zero-order valence-corrected chi connectivity index (χ0v) is 19.9. The molecule has 5 rings (SSSR count). The first-order valence-corrected chi connectivity index (χ1v) is 11.8. The van der Waals surface area contributed by atoms with Crippen molar-refractivity contribution in [2.24, 2.45) is 5.41 Å². The van der Waals surface area contributed by atoms with Crippen molar-refractivity contribution in [3.05, 3.63) is 59.8 Å². The molecular formula is C27H28FN5O2. The zero-order valence-electron chi connectivity index (χ0n) is 19.9. The molecule has 0 bridgehead atoms. The normalized spacial score (nSPS) is 20.0. The van der Waals surface area contributed by atoms with Gasteiger partial charge in [0, 0.05) is 61.2 Å². The number of hydrogen-bond donors (Lipinski definition) is 2. The molecule has 3 N–H and O–H groups in total. The lowest BCUT2D eigenvalue weighted by atomic mass is 9.72. The maximum absolute atomic E-state index is 15.0. The van der Waals surface area contributed by atoms with Crippen LogP contribution in [0.25, 0.3) is 21.9 Å². The molecule has 2 aliphatic rings. The van der Waals surface area contributed by atoms with Crippen molar-refractivity contribution in [3.8, 4) is 11.1 Å². The first kappa shape index (κ1) is 23.0. The average Bonchev–Trinajstić information content (AvgIpc) is 3.11. The maximum Gasteiger partial charge on any atom is 0.249 e. The molecule has 1 spiro atoms. The van der Waals surface area contributed by atoms with Crippen molar-refractivity contribution in [1.82, 2.24) is 14.9 Å². The molecule has 1 aliphatic heterocycles. The summed E-state index contributed by atoms with van der Waals surface area (Å²) in [5, 5.41) is 3.99. The number of nitrogens with one attached hydrogen (secondary N) is 1. The van der Waals surface area contributed by atoms with Crippen LogP contribution in [0.3, 0.4) is 0 Å². The van der Waals surface area contributed by atoms with E-state index in [9.17, 15) is 9.59 Å². The van der Waals surface area contributed by atoms with Gasteiger partial charge in [-0.25, -0.2) is 9.37 Å². The summed E-state index contributed by atoms with van der Waals surface area (Å²) in [6.45, 7) is 2.69. The molecule has 0 radical (unpaired) electrons. The number of amides is 2. The third kappa shape index (κ3) is 4.36. The van der Waals surface area contributed by atoms with Crippen LogP contribution >= 0.6 is 0 Å². The van der Waals surface area contributed by atoms with Gasteiger partial charge in [0.2, 0.25) is 11.8 Å². The Kier molecular flexibility index (Phi) is 5.75. The Balaban J connectivity index is 1.34. The molecule has 1 saturated heterocycles. The van der Waals surface area contributed by atoms with Gasteiger partial charge in [0.25, 0.3) is 0 Å². The lowest BCUT2D eigenvalue weighted by Gasteiger charge is -2.33. The highest BCUT2D eigenvalue weighted by atomic mass is 19.1. The number of pyridine rings is 2. The SMILES string of the molecule is Cc1ccncc1-c1cc2cc(NC(=O)C=C3CCC4(CC3)CC(=O)N(C)C4)ncc2c(N)c1F. The van der Waals surface area contributed by atoms with Crippen molar-refractivity contribution >= 4 is 34.1 Å². The number of carbonyl (C=O) groups excluding carboxylic acids is 2. The van der Waals surface area contributed by atoms with Crippen LogP contribution < -0.4 is 11.1 Å². The Labute approximate surface area is 203 Å². The molecule has 3 heterocycles. The molecule has 1 aliphatic carbocycles. The van der Waals surface area contributed by atoms with Gasteiger partial charge in [0.05, 0.1) is 5.69 Å². The molecule has 2 fully saturated rings. The lowest BCUT2D eigenvalue weighted by Crippen LogP contribution is -2.28. The van der Waals surface area contributed by atoms with Gasteiger partial charge >= 0.3 is 0 Å².